The van der Waals surface area contributed by atoms with E-state index >= 15 is 0 Å². The lowest BCUT2D eigenvalue weighted by Crippen LogP contribution is -2.52. The van der Waals surface area contributed by atoms with Gasteiger partial charge in [-0.2, -0.15) is 0 Å². The van der Waals surface area contributed by atoms with E-state index in [1.807, 2.05) is 20.9 Å². The Hall–Kier alpha value is -0.870. The van der Waals surface area contributed by atoms with Crippen LogP contribution in [0.2, 0.25) is 0 Å². The Bertz CT molecular complexity index is 514. The summed E-state index contributed by atoms with van der Waals surface area (Å²) in [4.78, 5) is 6.62. The minimum Gasteiger partial charge on any atom is -0.382 e. The summed E-state index contributed by atoms with van der Waals surface area (Å²) in [6, 6.07) is 0. The molecule has 0 amide bonds. The van der Waals surface area contributed by atoms with E-state index in [4.69, 9.17) is 14.0 Å². The van der Waals surface area contributed by atoms with Gasteiger partial charge in [0.25, 0.3) is 0 Å². The van der Waals surface area contributed by atoms with Crippen molar-refractivity contribution < 1.29 is 14.0 Å². The third-order valence-electron chi connectivity index (χ3n) is 4.15. The van der Waals surface area contributed by atoms with Gasteiger partial charge in [0.2, 0.25) is 0 Å². The number of hydrogen-bond donors (Lipinski definition) is 1. The summed E-state index contributed by atoms with van der Waals surface area (Å²) >= 11 is 0. The largest absolute Gasteiger partial charge is 0.382 e. The van der Waals surface area contributed by atoms with Gasteiger partial charge in [0.1, 0.15) is 5.76 Å². The zero-order valence-electron chi connectivity index (χ0n) is 15.2. The lowest BCUT2D eigenvalue weighted by Gasteiger charge is -2.35. The Balaban J connectivity index is 0.00000288. The van der Waals surface area contributed by atoms with Gasteiger partial charge >= 0.3 is 0 Å². The van der Waals surface area contributed by atoms with Crippen LogP contribution in [0.1, 0.15) is 29.9 Å². The predicted octanol–water partition coefficient (Wildman–Crippen LogP) is 1.94. The Morgan fingerprint density at radius 3 is 2.83 bits per heavy atom. The van der Waals surface area contributed by atoms with E-state index in [1.165, 1.54) is 5.56 Å². The first-order chi connectivity index (χ1) is 11.1. The number of methoxy groups -OCH3 is 1. The predicted molar refractivity (Wildman–Crippen MR) is 104 cm³/mol. The van der Waals surface area contributed by atoms with Crippen molar-refractivity contribution in [3.8, 4) is 0 Å². The third kappa shape index (κ3) is 5.32. The van der Waals surface area contributed by atoms with Gasteiger partial charge in [-0.3, -0.25) is 4.99 Å². The molecule has 1 saturated heterocycles. The number of aromatic nitrogens is 1. The van der Waals surface area contributed by atoms with Crippen molar-refractivity contribution in [2.24, 2.45) is 4.99 Å². The number of rotatable bonds is 5. The molecule has 2 rings (SSSR count). The fourth-order valence-electron chi connectivity index (χ4n) is 3.07. The minimum atomic E-state index is 0. The molecular formula is C16H29IN4O3. The van der Waals surface area contributed by atoms with Crippen LogP contribution in [0, 0.1) is 13.8 Å². The molecule has 0 bridgehead atoms. The highest BCUT2D eigenvalue weighted by atomic mass is 127. The van der Waals surface area contributed by atoms with Crippen LogP contribution in [0.3, 0.4) is 0 Å². The quantitative estimate of drug-likeness (QED) is 0.418. The molecule has 0 saturated carbocycles. The van der Waals surface area contributed by atoms with E-state index < -0.39 is 0 Å². The summed E-state index contributed by atoms with van der Waals surface area (Å²) in [7, 11) is 3.50. The van der Waals surface area contributed by atoms with Gasteiger partial charge in [-0.15, -0.1) is 24.0 Å². The van der Waals surface area contributed by atoms with Crippen molar-refractivity contribution in [3.63, 3.8) is 0 Å². The smallest absolute Gasteiger partial charge is 0.193 e. The third-order valence-corrected chi connectivity index (χ3v) is 4.15. The van der Waals surface area contributed by atoms with Crippen LogP contribution in [0.5, 0.6) is 0 Å². The van der Waals surface area contributed by atoms with Gasteiger partial charge in [0.15, 0.2) is 5.96 Å². The average Bonchev–Trinajstić information content (AvgIpc) is 2.87. The molecule has 1 aliphatic rings. The Labute approximate surface area is 161 Å². The minimum absolute atomic E-state index is 0. The fraction of sp³-hybridized carbons (Fsp3) is 0.750. The first-order valence-corrected chi connectivity index (χ1v) is 8.05. The van der Waals surface area contributed by atoms with E-state index in [9.17, 15) is 0 Å². The molecule has 1 aromatic heterocycles. The van der Waals surface area contributed by atoms with Crippen LogP contribution in [-0.4, -0.2) is 69.1 Å². The van der Waals surface area contributed by atoms with Gasteiger partial charge in [-0.25, -0.2) is 0 Å². The molecule has 7 nitrogen and oxygen atoms in total. The van der Waals surface area contributed by atoms with Crippen LogP contribution < -0.4 is 5.32 Å². The van der Waals surface area contributed by atoms with Gasteiger partial charge in [-0.1, -0.05) is 12.1 Å². The molecule has 0 aliphatic carbocycles. The van der Waals surface area contributed by atoms with Crippen LogP contribution in [0.4, 0.5) is 0 Å². The molecule has 1 aliphatic heterocycles. The molecule has 0 aromatic carbocycles. The summed E-state index contributed by atoms with van der Waals surface area (Å²) in [5.74, 6) is 2.08. The average molecular weight is 452 g/mol. The van der Waals surface area contributed by atoms with Crippen molar-refractivity contribution in [2.45, 2.75) is 32.8 Å². The standard InChI is InChI=1S/C16H28N4O3.HI/c1-11(15-12(2)19-23-13(15)3)8-18-16(17-4)20-6-7-22-14(9-20)10-21-5;/h11,14H,6-10H2,1-5H3,(H,17,18);1H. The zero-order valence-corrected chi connectivity index (χ0v) is 17.5. The summed E-state index contributed by atoms with van der Waals surface area (Å²) < 4.78 is 16.1. The second-order valence-corrected chi connectivity index (χ2v) is 5.96. The Morgan fingerprint density at radius 1 is 1.50 bits per heavy atom. The highest BCUT2D eigenvalue weighted by Crippen LogP contribution is 2.22. The molecule has 2 heterocycles. The second kappa shape index (κ2) is 10.2. The molecule has 0 radical (unpaired) electrons. The van der Waals surface area contributed by atoms with Gasteiger partial charge in [-0.05, 0) is 13.8 Å². The first-order valence-electron chi connectivity index (χ1n) is 8.05. The molecule has 2 atom stereocenters. The number of aryl methyl sites for hydroxylation is 2. The van der Waals surface area contributed by atoms with E-state index in [0.717, 1.165) is 37.0 Å². The maximum Gasteiger partial charge on any atom is 0.193 e. The normalized spacial score (nSPS) is 19.8. The van der Waals surface area contributed by atoms with Crippen molar-refractivity contribution in [2.75, 3.05) is 47.0 Å². The maximum absolute atomic E-state index is 5.69. The number of nitrogens with zero attached hydrogens (tertiary/aromatic N) is 3. The molecule has 8 heteroatoms. The Kier molecular flexibility index (Phi) is 8.99. The van der Waals surface area contributed by atoms with E-state index in [1.54, 1.807) is 7.11 Å². The van der Waals surface area contributed by atoms with E-state index in [-0.39, 0.29) is 30.1 Å². The molecular weight excluding hydrogens is 423 g/mol. The second-order valence-electron chi connectivity index (χ2n) is 5.96. The number of morpholine rings is 1. The molecule has 138 valence electrons. The monoisotopic (exact) mass is 452 g/mol. The van der Waals surface area contributed by atoms with E-state index in [2.05, 4.69) is 27.3 Å². The number of halogens is 1. The number of guanidine groups is 1. The molecule has 2 unspecified atom stereocenters. The lowest BCUT2D eigenvalue weighted by molar-refractivity contribution is -0.0447. The number of nitrogens with one attached hydrogen (secondary N) is 1. The topological polar surface area (TPSA) is 72.1 Å². The molecule has 1 aromatic rings. The SMILES string of the molecule is CN=C(NCC(C)c1c(C)noc1C)N1CCOC(COC)C1.I. The summed E-state index contributed by atoms with van der Waals surface area (Å²) in [5.41, 5.74) is 2.13. The number of aliphatic imine (C=N–C) groups is 1. The first kappa shape index (κ1) is 21.2. The van der Waals surface area contributed by atoms with Crippen molar-refractivity contribution in [3.05, 3.63) is 17.0 Å². The van der Waals surface area contributed by atoms with Crippen LogP contribution in [0.15, 0.2) is 9.52 Å². The Morgan fingerprint density at radius 2 is 2.25 bits per heavy atom. The summed E-state index contributed by atoms with van der Waals surface area (Å²) in [6.45, 7) is 9.79. The molecule has 0 spiro atoms. The number of hydrogen-bond acceptors (Lipinski definition) is 5. The molecule has 1 N–H and O–H groups in total. The number of ether oxygens (including phenoxy) is 2. The van der Waals surface area contributed by atoms with Gasteiger partial charge in [0.05, 0.1) is 25.0 Å². The van der Waals surface area contributed by atoms with Crippen molar-refractivity contribution in [1.82, 2.24) is 15.4 Å². The fourth-order valence-corrected chi connectivity index (χ4v) is 3.07. The molecule has 24 heavy (non-hydrogen) atoms. The molecule has 1 fully saturated rings. The van der Waals surface area contributed by atoms with Crippen LogP contribution >= 0.6 is 24.0 Å². The lowest BCUT2D eigenvalue weighted by atomic mass is 10.00. The van der Waals surface area contributed by atoms with Gasteiger partial charge in [0, 0.05) is 45.3 Å². The maximum atomic E-state index is 5.69. The van der Waals surface area contributed by atoms with Crippen LogP contribution in [-0.2, 0) is 9.47 Å². The highest BCUT2D eigenvalue weighted by Gasteiger charge is 2.23. The van der Waals surface area contributed by atoms with Crippen LogP contribution in [0.25, 0.3) is 0 Å². The van der Waals surface area contributed by atoms with Crippen molar-refractivity contribution >= 4 is 29.9 Å². The highest BCUT2D eigenvalue weighted by molar-refractivity contribution is 14.0. The van der Waals surface area contributed by atoms with Gasteiger partial charge < -0.3 is 24.2 Å². The summed E-state index contributed by atoms with van der Waals surface area (Å²) in [5, 5.41) is 7.49. The van der Waals surface area contributed by atoms with Crippen molar-refractivity contribution in [1.29, 1.82) is 0 Å². The summed E-state index contributed by atoms with van der Waals surface area (Å²) in [6.07, 6.45) is 0.0901. The zero-order chi connectivity index (χ0) is 16.8. The van der Waals surface area contributed by atoms with E-state index in [0.29, 0.717) is 19.1 Å².